The summed E-state index contributed by atoms with van der Waals surface area (Å²) < 4.78 is 0. The molecule has 0 aliphatic rings. The zero-order valence-electron chi connectivity index (χ0n) is 17.5. The van der Waals surface area contributed by atoms with Gasteiger partial charge in [0.25, 0.3) is 0 Å². The Morgan fingerprint density at radius 3 is 1.65 bits per heavy atom. The van der Waals surface area contributed by atoms with Gasteiger partial charge in [-0.25, -0.2) is 0 Å². The fourth-order valence-corrected chi connectivity index (χ4v) is 3.09. The van der Waals surface area contributed by atoms with E-state index in [2.05, 4.69) is 30.2 Å². The number of hydrogen-bond acceptors (Lipinski definition) is 3. The molecule has 0 aromatic carbocycles. The molecule has 0 aliphatic carbocycles. The Balaban J connectivity index is 3.13. The third kappa shape index (κ3) is 21.7. The van der Waals surface area contributed by atoms with Gasteiger partial charge in [-0.3, -0.25) is 10.3 Å². The van der Waals surface area contributed by atoms with E-state index in [-0.39, 0.29) is 0 Å². The topological polar surface area (TPSA) is 45.3 Å². The Morgan fingerprint density at radius 2 is 1.12 bits per heavy atom. The number of unbranched alkanes of at least 4 members (excludes halogenated alkanes) is 14. The molecule has 0 heterocycles. The molecule has 0 atom stereocenters. The predicted molar refractivity (Wildman–Crippen MR) is 118 cm³/mol. The van der Waals surface area contributed by atoms with Crippen LogP contribution in [0.5, 0.6) is 0 Å². The minimum absolute atomic E-state index is 0.615. The average molecular weight is 388 g/mol. The molecule has 0 aromatic rings. The quantitative estimate of drug-likeness (QED) is 0.132. The summed E-state index contributed by atoms with van der Waals surface area (Å²) in [6.07, 6.45) is 21.2. The van der Waals surface area contributed by atoms with Crippen molar-refractivity contribution in [3.63, 3.8) is 0 Å². The van der Waals surface area contributed by atoms with Crippen molar-refractivity contribution in [2.45, 2.75) is 117 Å². The van der Waals surface area contributed by atoms with Crippen molar-refractivity contribution >= 4 is 17.3 Å². The molecule has 0 bridgehead atoms. The molecule has 0 unspecified atom stereocenters. The molecule has 0 amide bonds. The Hall–Kier alpha value is -0.390. The molecular formula is C21H45N3OS. The highest BCUT2D eigenvalue weighted by Crippen LogP contribution is 2.08. The first-order chi connectivity index (χ1) is 12.8. The maximum absolute atomic E-state index is 5.35. The number of hydrogen-bond donors (Lipinski definition) is 3. The van der Waals surface area contributed by atoms with Gasteiger partial charge in [0.15, 0.2) is 5.11 Å². The lowest BCUT2D eigenvalue weighted by Crippen LogP contribution is -2.44. The molecule has 0 aliphatic heterocycles. The van der Waals surface area contributed by atoms with Crippen molar-refractivity contribution in [1.29, 1.82) is 0 Å². The highest BCUT2D eigenvalue weighted by Gasteiger charge is 1.96. The largest absolute Gasteiger partial charge is 0.362 e. The fourth-order valence-electron chi connectivity index (χ4n) is 2.95. The molecule has 0 rings (SSSR count). The van der Waals surface area contributed by atoms with Crippen molar-refractivity contribution in [2.75, 3.05) is 13.2 Å². The summed E-state index contributed by atoms with van der Waals surface area (Å²) >= 11 is 5.21. The van der Waals surface area contributed by atoms with Gasteiger partial charge in [-0.2, -0.15) is 0 Å². The first-order valence-electron chi connectivity index (χ1n) is 11.2. The van der Waals surface area contributed by atoms with E-state index in [1.54, 1.807) is 0 Å². The summed E-state index contributed by atoms with van der Waals surface area (Å²) in [5.74, 6) is 0. The molecule has 0 spiro atoms. The van der Waals surface area contributed by atoms with E-state index < -0.39 is 0 Å². The van der Waals surface area contributed by atoms with Gasteiger partial charge in [0, 0.05) is 6.54 Å². The molecule has 26 heavy (non-hydrogen) atoms. The van der Waals surface area contributed by atoms with Crippen LogP contribution in [0.4, 0.5) is 0 Å². The summed E-state index contributed by atoms with van der Waals surface area (Å²) in [6, 6.07) is 0. The van der Waals surface area contributed by atoms with Crippen LogP contribution in [0.15, 0.2) is 0 Å². The molecule has 4 nitrogen and oxygen atoms in total. The van der Waals surface area contributed by atoms with E-state index in [0.29, 0.717) is 5.11 Å². The summed E-state index contributed by atoms with van der Waals surface area (Å²) in [6.45, 7) is 6.18. The maximum Gasteiger partial charge on any atom is 0.182 e. The molecule has 3 N–H and O–H groups in total. The van der Waals surface area contributed by atoms with Crippen LogP contribution in [0.3, 0.4) is 0 Å². The van der Waals surface area contributed by atoms with E-state index in [1.807, 2.05) is 0 Å². The van der Waals surface area contributed by atoms with Gasteiger partial charge < -0.3 is 5.32 Å². The van der Waals surface area contributed by atoms with Crippen LogP contribution < -0.4 is 16.3 Å². The standard InChI is InChI=1S/C21H45N3OS/c1-3-5-7-9-11-13-15-17-19-22-21(26)23-24-25-20-18-16-14-12-10-8-6-4-2/h24H,3-20H2,1-2H3,(H2,22,23,26). The summed E-state index contributed by atoms with van der Waals surface area (Å²) in [7, 11) is 0. The zero-order chi connectivity index (χ0) is 19.1. The minimum Gasteiger partial charge on any atom is -0.362 e. The Morgan fingerprint density at radius 1 is 0.654 bits per heavy atom. The Kier molecular flexibility index (Phi) is 22.3. The van der Waals surface area contributed by atoms with Gasteiger partial charge in [-0.05, 0) is 25.1 Å². The van der Waals surface area contributed by atoms with Crippen LogP contribution in [0, 0.1) is 0 Å². The molecule has 156 valence electrons. The van der Waals surface area contributed by atoms with E-state index in [0.717, 1.165) is 19.6 Å². The van der Waals surface area contributed by atoms with Crippen molar-refractivity contribution in [3.05, 3.63) is 0 Å². The van der Waals surface area contributed by atoms with Crippen LogP contribution in [-0.4, -0.2) is 18.3 Å². The van der Waals surface area contributed by atoms with E-state index >= 15 is 0 Å². The van der Waals surface area contributed by atoms with Crippen molar-refractivity contribution in [1.82, 2.24) is 16.3 Å². The summed E-state index contributed by atoms with van der Waals surface area (Å²) in [4.78, 5) is 5.35. The van der Waals surface area contributed by atoms with Gasteiger partial charge in [-0.15, -0.1) is 5.59 Å². The first-order valence-corrected chi connectivity index (χ1v) is 11.6. The lowest BCUT2D eigenvalue weighted by Gasteiger charge is -2.11. The second-order valence-corrected chi connectivity index (χ2v) is 7.69. The van der Waals surface area contributed by atoms with Gasteiger partial charge in [0.1, 0.15) is 0 Å². The predicted octanol–water partition coefficient (Wildman–Crippen LogP) is 6.17. The van der Waals surface area contributed by atoms with Crippen LogP contribution in [-0.2, 0) is 4.84 Å². The molecular weight excluding hydrogens is 342 g/mol. The Labute approximate surface area is 168 Å². The van der Waals surface area contributed by atoms with Gasteiger partial charge >= 0.3 is 0 Å². The molecule has 0 radical (unpaired) electrons. The smallest absolute Gasteiger partial charge is 0.182 e. The van der Waals surface area contributed by atoms with Crippen LogP contribution in [0.2, 0.25) is 0 Å². The number of thiocarbonyl (C=S) groups is 1. The van der Waals surface area contributed by atoms with Gasteiger partial charge in [0.05, 0.1) is 6.61 Å². The number of rotatable bonds is 20. The molecule has 5 heteroatoms. The van der Waals surface area contributed by atoms with Crippen molar-refractivity contribution in [3.8, 4) is 0 Å². The van der Waals surface area contributed by atoms with Crippen LogP contribution in [0.25, 0.3) is 0 Å². The highest BCUT2D eigenvalue weighted by molar-refractivity contribution is 7.80. The van der Waals surface area contributed by atoms with Crippen molar-refractivity contribution < 1.29 is 4.84 Å². The molecule has 0 fully saturated rings. The van der Waals surface area contributed by atoms with E-state index in [4.69, 9.17) is 17.1 Å². The second-order valence-electron chi connectivity index (χ2n) is 7.28. The third-order valence-electron chi connectivity index (χ3n) is 4.65. The van der Waals surface area contributed by atoms with Crippen LogP contribution >= 0.6 is 12.2 Å². The normalized spacial score (nSPS) is 10.8. The average Bonchev–Trinajstić information content (AvgIpc) is 2.64. The zero-order valence-corrected chi connectivity index (χ0v) is 18.4. The van der Waals surface area contributed by atoms with Gasteiger partial charge in [-0.1, -0.05) is 104 Å². The monoisotopic (exact) mass is 387 g/mol. The minimum atomic E-state index is 0.615. The lowest BCUT2D eigenvalue weighted by atomic mass is 10.1. The molecule has 0 aromatic heterocycles. The SMILES string of the molecule is CCCCCCCCCCNC(=S)NNOCCCCCCCCCC. The summed E-state index contributed by atoms with van der Waals surface area (Å²) in [5.41, 5.74) is 5.61. The summed E-state index contributed by atoms with van der Waals surface area (Å²) in [5, 5.41) is 3.82. The Bertz CT molecular complexity index is 290. The number of hydrazine groups is 1. The molecule has 0 saturated heterocycles. The molecule has 0 saturated carbocycles. The highest BCUT2D eigenvalue weighted by atomic mass is 32.1. The maximum atomic E-state index is 5.35. The third-order valence-corrected chi connectivity index (χ3v) is 4.90. The van der Waals surface area contributed by atoms with Crippen LogP contribution in [0.1, 0.15) is 117 Å². The lowest BCUT2D eigenvalue weighted by molar-refractivity contribution is 0.0227. The van der Waals surface area contributed by atoms with Crippen molar-refractivity contribution in [2.24, 2.45) is 0 Å². The fraction of sp³-hybridized carbons (Fsp3) is 0.952. The number of nitrogens with one attached hydrogen (secondary N) is 3. The van der Waals surface area contributed by atoms with E-state index in [1.165, 1.54) is 96.3 Å². The second kappa shape index (κ2) is 22.7. The first kappa shape index (κ1) is 25.6. The van der Waals surface area contributed by atoms with Gasteiger partial charge in [0.2, 0.25) is 0 Å². The van der Waals surface area contributed by atoms with E-state index in [9.17, 15) is 0 Å².